The van der Waals surface area contributed by atoms with Crippen molar-refractivity contribution in [2.45, 2.75) is 39.3 Å². The first-order valence-electron chi connectivity index (χ1n) is 10.0. The molecule has 0 aromatic carbocycles. The summed E-state index contributed by atoms with van der Waals surface area (Å²) in [4.78, 5) is 13.4. The van der Waals surface area contributed by atoms with Gasteiger partial charge in [0.15, 0.2) is 5.13 Å². The normalized spacial score (nSPS) is 23.1. The molecule has 2 saturated heterocycles. The van der Waals surface area contributed by atoms with Crippen LogP contribution in [-0.4, -0.2) is 85.0 Å². The second-order valence-corrected chi connectivity index (χ2v) is 8.92. The SMILES string of the molecule is CC(C)CCN1CCN(Cc2cnc(N3CCOCC3)s2)C[C@@H]1CCO. The minimum absolute atomic E-state index is 0.276. The molecule has 1 atom stereocenters. The number of piperazine rings is 1. The quantitative estimate of drug-likeness (QED) is 0.741. The summed E-state index contributed by atoms with van der Waals surface area (Å²) < 4.78 is 5.43. The second kappa shape index (κ2) is 9.99. The number of hydrogen-bond acceptors (Lipinski definition) is 7. The van der Waals surface area contributed by atoms with Crippen LogP contribution in [-0.2, 0) is 11.3 Å². The van der Waals surface area contributed by atoms with Crippen molar-refractivity contribution in [3.63, 3.8) is 0 Å². The van der Waals surface area contributed by atoms with Gasteiger partial charge in [0.2, 0.25) is 0 Å². The summed E-state index contributed by atoms with van der Waals surface area (Å²) in [6.07, 6.45) is 4.15. The van der Waals surface area contributed by atoms with Crippen LogP contribution in [0.5, 0.6) is 0 Å². The standard InChI is InChI=1S/C19H34N4O2S/c1-16(2)3-5-22-7-6-21(14-17(22)4-10-24)15-18-13-20-19(26-18)23-8-11-25-12-9-23/h13,16-17,24H,3-12,14-15H2,1-2H3/t17-/m0/s1. The maximum absolute atomic E-state index is 9.47. The molecule has 3 rings (SSSR count). The summed E-state index contributed by atoms with van der Waals surface area (Å²) in [5.41, 5.74) is 0. The van der Waals surface area contributed by atoms with Crippen LogP contribution in [0.15, 0.2) is 6.20 Å². The van der Waals surface area contributed by atoms with Crippen LogP contribution in [0.1, 0.15) is 31.6 Å². The first-order valence-corrected chi connectivity index (χ1v) is 10.8. The molecule has 1 aromatic heterocycles. The van der Waals surface area contributed by atoms with Gasteiger partial charge < -0.3 is 14.7 Å². The smallest absolute Gasteiger partial charge is 0.185 e. The van der Waals surface area contributed by atoms with E-state index in [0.717, 1.165) is 76.5 Å². The van der Waals surface area contributed by atoms with Gasteiger partial charge in [-0.15, -0.1) is 11.3 Å². The Labute approximate surface area is 161 Å². The average Bonchev–Trinajstić information content (AvgIpc) is 3.10. The minimum Gasteiger partial charge on any atom is -0.396 e. The highest BCUT2D eigenvalue weighted by Crippen LogP contribution is 2.25. The molecule has 26 heavy (non-hydrogen) atoms. The van der Waals surface area contributed by atoms with Gasteiger partial charge in [0.25, 0.3) is 0 Å². The Morgan fingerprint density at radius 1 is 1.27 bits per heavy atom. The number of aliphatic hydroxyl groups is 1. The van der Waals surface area contributed by atoms with Gasteiger partial charge in [0, 0.05) is 63.0 Å². The molecule has 0 amide bonds. The molecular weight excluding hydrogens is 348 g/mol. The lowest BCUT2D eigenvalue weighted by atomic mass is 10.1. The highest BCUT2D eigenvalue weighted by molar-refractivity contribution is 7.15. The largest absolute Gasteiger partial charge is 0.396 e. The summed E-state index contributed by atoms with van der Waals surface area (Å²) in [6, 6.07) is 0.471. The van der Waals surface area contributed by atoms with Crippen molar-refractivity contribution in [2.75, 3.05) is 64.0 Å². The van der Waals surface area contributed by atoms with Gasteiger partial charge >= 0.3 is 0 Å². The third-order valence-electron chi connectivity index (χ3n) is 5.35. The molecule has 3 heterocycles. The van der Waals surface area contributed by atoms with Crippen LogP contribution in [0.4, 0.5) is 5.13 Å². The van der Waals surface area contributed by atoms with E-state index in [-0.39, 0.29) is 6.61 Å². The van der Waals surface area contributed by atoms with Crippen LogP contribution >= 0.6 is 11.3 Å². The molecule has 6 nitrogen and oxygen atoms in total. The van der Waals surface area contributed by atoms with Crippen molar-refractivity contribution in [1.29, 1.82) is 0 Å². The lowest BCUT2D eigenvalue weighted by Gasteiger charge is -2.41. The summed E-state index contributed by atoms with van der Waals surface area (Å²) >= 11 is 1.82. The Balaban J connectivity index is 1.52. The maximum Gasteiger partial charge on any atom is 0.185 e. The first-order chi connectivity index (χ1) is 12.7. The molecule has 0 saturated carbocycles. The molecule has 0 spiro atoms. The van der Waals surface area contributed by atoms with E-state index in [9.17, 15) is 5.11 Å². The van der Waals surface area contributed by atoms with Gasteiger partial charge in [-0.05, 0) is 25.3 Å². The fraction of sp³-hybridized carbons (Fsp3) is 0.842. The number of ether oxygens (including phenoxy) is 1. The van der Waals surface area contributed by atoms with Crippen molar-refractivity contribution < 1.29 is 9.84 Å². The van der Waals surface area contributed by atoms with E-state index in [1.807, 2.05) is 17.5 Å². The zero-order chi connectivity index (χ0) is 18.4. The van der Waals surface area contributed by atoms with E-state index in [0.29, 0.717) is 6.04 Å². The molecule has 2 fully saturated rings. The van der Waals surface area contributed by atoms with Crippen LogP contribution in [0.25, 0.3) is 0 Å². The van der Waals surface area contributed by atoms with Gasteiger partial charge in [-0.1, -0.05) is 13.8 Å². The Morgan fingerprint density at radius 2 is 2.08 bits per heavy atom. The minimum atomic E-state index is 0.276. The first kappa shape index (κ1) is 20.0. The Morgan fingerprint density at radius 3 is 2.81 bits per heavy atom. The fourth-order valence-corrected chi connectivity index (χ4v) is 4.74. The molecule has 0 radical (unpaired) electrons. The summed E-state index contributed by atoms with van der Waals surface area (Å²) in [7, 11) is 0. The molecule has 0 aliphatic carbocycles. The highest BCUT2D eigenvalue weighted by Gasteiger charge is 2.27. The number of rotatable bonds is 8. The van der Waals surface area contributed by atoms with Gasteiger partial charge in [-0.3, -0.25) is 9.80 Å². The van der Waals surface area contributed by atoms with Crippen molar-refractivity contribution in [2.24, 2.45) is 5.92 Å². The van der Waals surface area contributed by atoms with E-state index in [1.54, 1.807) is 0 Å². The van der Waals surface area contributed by atoms with Gasteiger partial charge in [0.05, 0.1) is 13.2 Å². The Bertz CT molecular complexity index is 533. The average molecular weight is 383 g/mol. The molecular formula is C19H34N4O2S. The highest BCUT2D eigenvalue weighted by atomic mass is 32.1. The molecule has 1 N–H and O–H groups in total. The number of aliphatic hydroxyl groups excluding tert-OH is 1. The zero-order valence-electron chi connectivity index (χ0n) is 16.3. The molecule has 0 bridgehead atoms. The van der Waals surface area contributed by atoms with Crippen LogP contribution in [0.3, 0.4) is 0 Å². The number of nitrogens with zero attached hydrogens (tertiary/aromatic N) is 4. The Kier molecular flexibility index (Phi) is 7.69. The predicted octanol–water partition coefficient (Wildman–Crippen LogP) is 1.89. The molecule has 2 aliphatic rings. The number of thiazole rings is 1. The Hall–Kier alpha value is -0.730. The second-order valence-electron chi connectivity index (χ2n) is 7.83. The number of morpholine rings is 1. The van der Waals surface area contributed by atoms with Gasteiger partial charge in [-0.2, -0.15) is 0 Å². The molecule has 148 valence electrons. The van der Waals surface area contributed by atoms with Crippen LogP contribution < -0.4 is 4.90 Å². The predicted molar refractivity (Wildman–Crippen MR) is 107 cm³/mol. The third kappa shape index (κ3) is 5.63. The van der Waals surface area contributed by atoms with Gasteiger partial charge in [-0.25, -0.2) is 4.98 Å². The van der Waals surface area contributed by atoms with E-state index >= 15 is 0 Å². The van der Waals surface area contributed by atoms with E-state index < -0.39 is 0 Å². The van der Waals surface area contributed by atoms with E-state index in [1.165, 1.54) is 11.3 Å². The molecule has 2 aliphatic heterocycles. The lowest BCUT2D eigenvalue weighted by molar-refractivity contribution is 0.0528. The summed E-state index contributed by atoms with van der Waals surface area (Å²) in [6.45, 7) is 13.7. The number of aromatic nitrogens is 1. The van der Waals surface area contributed by atoms with Crippen molar-refractivity contribution in [1.82, 2.24) is 14.8 Å². The van der Waals surface area contributed by atoms with E-state index in [2.05, 4.69) is 33.5 Å². The van der Waals surface area contributed by atoms with Crippen molar-refractivity contribution in [3.8, 4) is 0 Å². The van der Waals surface area contributed by atoms with Gasteiger partial charge in [0.1, 0.15) is 0 Å². The monoisotopic (exact) mass is 382 g/mol. The fourth-order valence-electron chi connectivity index (χ4n) is 3.73. The van der Waals surface area contributed by atoms with Crippen molar-refractivity contribution >= 4 is 16.5 Å². The molecule has 7 heteroatoms. The lowest BCUT2D eigenvalue weighted by Crippen LogP contribution is -2.53. The summed E-state index contributed by atoms with van der Waals surface area (Å²) in [5.74, 6) is 0.735. The van der Waals surface area contributed by atoms with Crippen LogP contribution in [0, 0.1) is 5.92 Å². The topological polar surface area (TPSA) is 52.1 Å². The molecule has 0 unspecified atom stereocenters. The number of hydrogen-bond donors (Lipinski definition) is 1. The van der Waals surface area contributed by atoms with Crippen LogP contribution in [0.2, 0.25) is 0 Å². The van der Waals surface area contributed by atoms with E-state index in [4.69, 9.17) is 4.74 Å². The zero-order valence-corrected chi connectivity index (χ0v) is 17.1. The van der Waals surface area contributed by atoms with Crippen molar-refractivity contribution in [3.05, 3.63) is 11.1 Å². The maximum atomic E-state index is 9.47. The summed E-state index contributed by atoms with van der Waals surface area (Å²) in [5, 5.41) is 10.6. The number of anilines is 1. The molecule has 1 aromatic rings. The third-order valence-corrected chi connectivity index (χ3v) is 6.39.